The summed E-state index contributed by atoms with van der Waals surface area (Å²) < 4.78 is 26.6. The summed E-state index contributed by atoms with van der Waals surface area (Å²) in [6, 6.07) is 13.7. The maximum absolute atomic E-state index is 11.8. The normalized spacial score (nSPS) is 18.0. The monoisotopic (exact) mass is 261 g/mol. The Morgan fingerprint density at radius 1 is 1.22 bits per heavy atom. The Balaban J connectivity index is 2.24. The first-order valence-corrected chi connectivity index (χ1v) is 6.75. The summed E-state index contributed by atoms with van der Waals surface area (Å²) in [5.41, 5.74) is 0.395. The number of carbonyl (C=O) groups excluding carboxylic acids is 1. The number of hydrogen-bond donors (Lipinski definition) is 1. The molecule has 5 nitrogen and oxygen atoms in total. The minimum absolute atomic E-state index is 0.202. The predicted octanol–water partition coefficient (Wildman–Crippen LogP) is 0.821. The molecule has 1 saturated heterocycles. The molecule has 0 aromatic heterocycles. The van der Waals surface area contributed by atoms with Crippen molar-refractivity contribution in [2.24, 2.45) is 0 Å². The van der Waals surface area contributed by atoms with E-state index in [1.54, 1.807) is 12.1 Å². The lowest BCUT2D eigenvalue weighted by Crippen LogP contribution is -2.29. The van der Waals surface area contributed by atoms with Crippen LogP contribution in [0.2, 0.25) is 0 Å². The molecule has 0 aliphatic carbocycles. The van der Waals surface area contributed by atoms with Gasteiger partial charge in [-0.1, -0.05) is 36.4 Å². The van der Waals surface area contributed by atoms with Crippen LogP contribution in [0.1, 0.15) is 0 Å². The van der Waals surface area contributed by atoms with Gasteiger partial charge in [0.15, 0.2) is 0 Å². The summed E-state index contributed by atoms with van der Waals surface area (Å²) in [5, 5.41) is 1.65. The molecule has 18 heavy (non-hydrogen) atoms. The Morgan fingerprint density at radius 2 is 2.00 bits per heavy atom. The Kier molecular flexibility index (Phi) is 2.27. The van der Waals surface area contributed by atoms with Crippen molar-refractivity contribution in [3.63, 3.8) is 0 Å². The average molecular weight is 261 g/mol. The lowest BCUT2D eigenvalue weighted by Gasteiger charge is -2.16. The van der Waals surface area contributed by atoms with Crippen LogP contribution in [0.15, 0.2) is 36.4 Å². The van der Waals surface area contributed by atoms with Crippen molar-refractivity contribution >= 4 is 32.6 Å². The largest absolute Gasteiger partial charge is 0.326 e. The number of fused-ring (bicyclic) bond motifs is 1. The molecule has 0 unspecified atom stereocenters. The van der Waals surface area contributed by atoms with E-state index in [0.717, 1.165) is 15.1 Å². The van der Waals surface area contributed by atoms with Crippen LogP contribution in [-0.4, -0.2) is 20.9 Å². The molecule has 1 amide bonds. The second-order valence-corrected chi connectivity index (χ2v) is 5.55. The van der Waals surface area contributed by atoms with E-state index in [9.17, 15) is 13.2 Å². The third-order valence-corrected chi connectivity index (χ3v) is 4.15. The zero-order valence-electron chi connectivity index (χ0n) is 9.25. The van der Waals surface area contributed by atoms with Crippen molar-refractivity contribution in [3.8, 4) is 0 Å². The molecule has 2 aromatic rings. The van der Waals surface area contributed by atoms with Crippen molar-refractivity contribution in [3.05, 3.63) is 42.5 Å². The highest BCUT2D eigenvalue weighted by Gasteiger charge is 2.34. The summed E-state index contributed by atoms with van der Waals surface area (Å²) >= 11 is 0. The fourth-order valence-corrected chi connectivity index (χ4v) is 3.14. The molecule has 0 saturated carbocycles. The van der Waals surface area contributed by atoms with Crippen molar-refractivity contribution in [2.45, 2.75) is 0 Å². The van der Waals surface area contributed by atoms with Crippen LogP contribution in [0.25, 0.3) is 10.8 Å². The topological polar surface area (TPSA) is 66.5 Å². The van der Waals surface area contributed by atoms with E-state index >= 15 is 0 Å². The molecule has 0 spiro atoms. The van der Waals surface area contributed by atoms with Gasteiger partial charge in [-0.3, -0.25) is 4.79 Å². The van der Waals surface area contributed by atoms with Crippen LogP contribution in [0, 0.1) is 6.07 Å². The molecule has 0 bridgehead atoms. The molecule has 1 aliphatic heterocycles. The minimum atomic E-state index is -3.78. The van der Waals surface area contributed by atoms with E-state index in [0.29, 0.717) is 5.69 Å². The SMILES string of the molecule is O=C1CN(c2[c]ccc3ccccc23)S(=O)(=O)N1. The third-order valence-electron chi connectivity index (χ3n) is 2.77. The van der Waals surface area contributed by atoms with Crippen molar-refractivity contribution in [2.75, 3.05) is 10.8 Å². The van der Waals surface area contributed by atoms with E-state index in [-0.39, 0.29) is 6.54 Å². The van der Waals surface area contributed by atoms with E-state index in [4.69, 9.17) is 0 Å². The maximum atomic E-state index is 11.8. The molecule has 6 heteroatoms. The lowest BCUT2D eigenvalue weighted by molar-refractivity contribution is -0.117. The molecule has 1 fully saturated rings. The summed E-state index contributed by atoms with van der Waals surface area (Å²) in [5.74, 6) is -0.531. The molecule has 91 valence electrons. The van der Waals surface area contributed by atoms with Crippen molar-refractivity contribution in [1.82, 2.24) is 4.72 Å². The van der Waals surface area contributed by atoms with Crippen molar-refractivity contribution in [1.29, 1.82) is 0 Å². The first-order chi connectivity index (χ1) is 8.58. The Labute approximate surface area is 104 Å². The second-order valence-electron chi connectivity index (χ2n) is 3.95. The van der Waals surface area contributed by atoms with Gasteiger partial charge in [0.05, 0.1) is 5.69 Å². The zero-order chi connectivity index (χ0) is 12.8. The van der Waals surface area contributed by atoms with Gasteiger partial charge in [-0.15, -0.1) is 0 Å². The molecule has 1 N–H and O–H groups in total. The maximum Gasteiger partial charge on any atom is 0.326 e. The van der Waals surface area contributed by atoms with Gasteiger partial charge in [-0.25, -0.2) is 9.03 Å². The first kappa shape index (κ1) is 11.0. The molecular formula is C12H9N2O3S. The van der Waals surface area contributed by atoms with Gasteiger partial charge in [0.25, 0.3) is 5.91 Å². The molecule has 0 atom stereocenters. The number of nitrogens with one attached hydrogen (secondary N) is 1. The summed E-state index contributed by atoms with van der Waals surface area (Å²) in [6.07, 6.45) is 0. The molecule has 1 radical (unpaired) electrons. The molecule has 1 aliphatic rings. The van der Waals surface area contributed by atoms with Gasteiger partial charge in [0, 0.05) is 11.5 Å². The molecule has 1 heterocycles. The number of carbonyl (C=O) groups is 1. The fraction of sp³-hybridized carbons (Fsp3) is 0.0833. The standard InChI is InChI=1S/C12H9N2O3S/c15-12-8-14(18(16,17)13-12)11-7-3-5-9-4-1-2-6-10(9)11/h1-6H,8H2,(H,13,15). The summed E-state index contributed by atoms with van der Waals surface area (Å²) in [6.45, 7) is -0.202. The highest BCUT2D eigenvalue weighted by Crippen LogP contribution is 2.28. The second kappa shape index (κ2) is 3.71. The van der Waals surface area contributed by atoms with Crippen LogP contribution >= 0.6 is 0 Å². The van der Waals surface area contributed by atoms with E-state index in [2.05, 4.69) is 6.07 Å². The number of anilines is 1. The lowest BCUT2D eigenvalue weighted by atomic mass is 10.1. The Morgan fingerprint density at radius 3 is 2.72 bits per heavy atom. The van der Waals surface area contributed by atoms with E-state index in [1.165, 1.54) is 0 Å². The number of amides is 1. The molecule has 2 aromatic carbocycles. The smallest absolute Gasteiger partial charge is 0.272 e. The quantitative estimate of drug-likeness (QED) is 0.826. The number of hydrogen-bond acceptors (Lipinski definition) is 3. The van der Waals surface area contributed by atoms with E-state index < -0.39 is 16.1 Å². The van der Waals surface area contributed by atoms with E-state index in [1.807, 2.05) is 29.0 Å². The van der Waals surface area contributed by atoms with Gasteiger partial charge >= 0.3 is 10.2 Å². The van der Waals surface area contributed by atoms with Gasteiger partial charge in [-0.05, 0) is 5.39 Å². The summed E-state index contributed by atoms with van der Waals surface area (Å²) in [4.78, 5) is 11.2. The van der Waals surface area contributed by atoms with Gasteiger partial charge < -0.3 is 0 Å². The Bertz CT molecular complexity index is 735. The number of nitrogens with zero attached hydrogens (tertiary/aromatic N) is 1. The Hall–Kier alpha value is -2.08. The highest BCUT2D eigenvalue weighted by molar-refractivity contribution is 7.92. The zero-order valence-corrected chi connectivity index (χ0v) is 10.1. The molecule has 3 rings (SSSR count). The molecular weight excluding hydrogens is 252 g/mol. The van der Waals surface area contributed by atoms with Crippen LogP contribution < -0.4 is 9.03 Å². The van der Waals surface area contributed by atoms with Crippen LogP contribution in [0.4, 0.5) is 5.69 Å². The fourth-order valence-electron chi connectivity index (χ4n) is 2.00. The number of benzene rings is 2. The van der Waals surface area contributed by atoms with Crippen LogP contribution in [-0.2, 0) is 15.0 Å². The van der Waals surface area contributed by atoms with Gasteiger partial charge in [-0.2, -0.15) is 8.42 Å². The third kappa shape index (κ3) is 1.62. The first-order valence-electron chi connectivity index (χ1n) is 5.31. The van der Waals surface area contributed by atoms with Crippen molar-refractivity contribution < 1.29 is 13.2 Å². The average Bonchev–Trinajstić information content (AvgIpc) is 2.61. The minimum Gasteiger partial charge on any atom is -0.272 e. The summed E-state index contributed by atoms with van der Waals surface area (Å²) in [7, 11) is -3.78. The van der Waals surface area contributed by atoms with Crippen LogP contribution in [0.3, 0.4) is 0 Å². The van der Waals surface area contributed by atoms with Gasteiger partial charge in [0.1, 0.15) is 6.54 Å². The van der Waals surface area contributed by atoms with Crippen LogP contribution in [0.5, 0.6) is 0 Å². The van der Waals surface area contributed by atoms with Gasteiger partial charge in [0.2, 0.25) is 0 Å². The number of rotatable bonds is 1. The predicted molar refractivity (Wildman–Crippen MR) is 67.2 cm³/mol. The highest BCUT2D eigenvalue weighted by atomic mass is 32.2.